The number of rotatable bonds is 6. The number of carbonyl (C=O) groups is 2. The number of aromatic nitrogens is 2. The van der Waals surface area contributed by atoms with Gasteiger partial charge < -0.3 is 15.7 Å². The van der Waals surface area contributed by atoms with E-state index in [-0.39, 0.29) is 24.6 Å². The monoisotopic (exact) mass is 498 g/mol. The van der Waals surface area contributed by atoms with Crippen molar-refractivity contribution >= 4 is 28.2 Å². The molecule has 0 bridgehead atoms. The second-order valence-corrected chi connectivity index (χ2v) is 10.7. The maximum Gasteiger partial charge on any atom is 0.435 e. The SMILES string of the molecule is CC(C)(CO)NC(=O)c1c(NC(=O)Cn2nc(C(F)(F)F)c3c2CCCC3)sc2c1CCCC2. The van der Waals surface area contributed by atoms with Gasteiger partial charge >= 0.3 is 6.18 Å². The summed E-state index contributed by atoms with van der Waals surface area (Å²) in [6, 6.07) is 0. The summed E-state index contributed by atoms with van der Waals surface area (Å²) in [4.78, 5) is 27.1. The van der Waals surface area contributed by atoms with Gasteiger partial charge in [-0.3, -0.25) is 14.3 Å². The Labute approximate surface area is 199 Å². The molecule has 3 N–H and O–H groups in total. The normalized spacial score (nSPS) is 16.1. The molecular weight excluding hydrogens is 469 g/mol. The number of amides is 2. The minimum absolute atomic E-state index is 0.185. The first-order valence-corrected chi connectivity index (χ1v) is 12.4. The van der Waals surface area contributed by atoms with Crippen LogP contribution in [0, 0.1) is 0 Å². The first kappa shape index (κ1) is 24.7. The van der Waals surface area contributed by atoms with Crippen molar-refractivity contribution in [2.75, 3.05) is 11.9 Å². The molecule has 0 spiro atoms. The number of aryl methyl sites for hydroxylation is 1. The predicted octanol–water partition coefficient (Wildman–Crippen LogP) is 3.86. The quantitative estimate of drug-likeness (QED) is 0.564. The third-order valence-electron chi connectivity index (χ3n) is 6.32. The van der Waals surface area contributed by atoms with Crippen LogP contribution in [0.15, 0.2) is 0 Å². The second kappa shape index (κ2) is 9.33. The van der Waals surface area contributed by atoms with Crippen molar-refractivity contribution in [1.29, 1.82) is 0 Å². The third-order valence-corrected chi connectivity index (χ3v) is 7.52. The van der Waals surface area contributed by atoms with Crippen molar-refractivity contribution in [2.45, 2.75) is 83.5 Å². The molecule has 34 heavy (non-hydrogen) atoms. The van der Waals surface area contributed by atoms with Crippen LogP contribution in [0.1, 0.15) is 77.3 Å². The first-order valence-electron chi connectivity index (χ1n) is 11.5. The molecule has 4 rings (SSSR count). The van der Waals surface area contributed by atoms with Crippen molar-refractivity contribution in [2.24, 2.45) is 0 Å². The Morgan fingerprint density at radius 2 is 1.71 bits per heavy atom. The Hall–Kier alpha value is -2.40. The predicted molar refractivity (Wildman–Crippen MR) is 122 cm³/mol. The van der Waals surface area contributed by atoms with E-state index >= 15 is 0 Å². The molecule has 0 aliphatic heterocycles. The van der Waals surface area contributed by atoms with E-state index in [2.05, 4.69) is 15.7 Å². The highest BCUT2D eigenvalue weighted by molar-refractivity contribution is 7.17. The molecule has 7 nitrogen and oxygen atoms in total. The molecule has 0 fully saturated rings. The summed E-state index contributed by atoms with van der Waals surface area (Å²) in [5.41, 5.74) is 0.171. The zero-order valence-electron chi connectivity index (χ0n) is 19.3. The molecule has 0 radical (unpaired) electrons. The summed E-state index contributed by atoms with van der Waals surface area (Å²) in [5.74, 6) is -0.914. The fourth-order valence-electron chi connectivity index (χ4n) is 4.64. The minimum atomic E-state index is -4.57. The number of hydrogen-bond donors (Lipinski definition) is 3. The molecule has 0 saturated carbocycles. The molecule has 2 aliphatic rings. The zero-order chi connectivity index (χ0) is 24.7. The number of anilines is 1. The van der Waals surface area contributed by atoms with Crippen LogP contribution in [0.3, 0.4) is 0 Å². The highest BCUT2D eigenvalue weighted by Crippen LogP contribution is 2.39. The van der Waals surface area contributed by atoms with E-state index in [9.17, 15) is 27.9 Å². The molecule has 11 heteroatoms. The first-order chi connectivity index (χ1) is 16.0. The molecule has 2 amide bonds. The molecule has 0 unspecified atom stereocenters. The van der Waals surface area contributed by atoms with Crippen LogP contribution < -0.4 is 10.6 Å². The Bertz CT molecular complexity index is 1100. The van der Waals surface area contributed by atoms with E-state index < -0.39 is 23.3 Å². The lowest BCUT2D eigenvalue weighted by molar-refractivity contribution is -0.142. The van der Waals surface area contributed by atoms with Crippen LogP contribution in [-0.4, -0.2) is 38.8 Å². The van der Waals surface area contributed by atoms with Crippen LogP contribution in [0.4, 0.5) is 18.2 Å². The van der Waals surface area contributed by atoms with Gasteiger partial charge in [-0.15, -0.1) is 11.3 Å². The topological polar surface area (TPSA) is 96.3 Å². The lowest BCUT2D eigenvalue weighted by atomic mass is 9.94. The lowest BCUT2D eigenvalue weighted by Gasteiger charge is -2.24. The fraction of sp³-hybridized carbons (Fsp3) is 0.609. The highest BCUT2D eigenvalue weighted by atomic mass is 32.1. The smallest absolute Gasteiger partial charge is 0.394 e. The van der Waals surface area contributed by atoms with Gasteiger partial charge in [0.1, 0.15) is 11.5 Å². The number of nitrogens with zero attached hydrogens (tertiary/aromatic N) is 2. The van der Waals surface area contributed by atoms with Gasteiger partial charge in [0, 0.05) is 16.1 Å². The number of hydrogen-bond acceptors (Lipinski definition) is 5. The van der Waals surface area contributed by atoms with E-state index in [1.54, 1.807) is 13.8 Å². The molecule has 2 aliphatic carbocycles. The van der Waals surface area contributed by atoms with E-state index in [1.165, 1.54) is 11.3 Å². The van der Waals surface area contributed by atoms with E-state index in [0.717, 1.165) is 40.8 Å². The van der Waals surface area contributed by atoms with E-state index in [1.807, 2.05) is 0 Å². The van der Waals surface area contributed by atoms with Gasteiger partial charge in [0.2, 0.25) is 5.91 Å². The summed E-state index contributed by atoms with van der Waals surface area (Å²) >= 11 is 1.34. The number of alkyl halides is 3. The Kier molecular flexibility index (Phi) is 6.78. The number of thiophene rings is 1. The Balaban J connectivity index is 1.60. The molecule has 0 aromatic carbocycles. The number of halogens is 3. The Morgan fingerprint density at radius 1 is 1.06 bits per heavy atom. The molecule has 2 heterocycles. The number of fused-ring (bicyclic) bond motifs is 2. The van der Waals surface area contributed by atoms with Crippen molar-refractivity contribution in [3.05, 3.63) is 33.0 Å². The van der Waals surface area contributed by atoms with Crippen LogP contribution in [0.5, 0.6) is 0 Å². The van der Waals surface area contributed by atoms with Crippen molar-refractivity contribution < 1.29 is 27.9 Å². The van der Waals surface area contributed by atoms with Gasteiger partial charge in [0.25, 0.3) is 5.91 Å². The van der Waals surface area contributed by atoms with Gasteiger partial charge in [-0.2, -0.15) is 18.3 Å². The van der Waals surface area contributed by atoms with E-state index in [0.29, 0.717) is 41.9 Å². The van der Waals surface area contributed by atoms with Gasteiger partial charge in [0.15, 0.2) is 5.69 Å². The summed E-state index contributed by atoms with van der Waals surface area (Å²) in [5, 5.41) is 19.3. The number of aliphatic hydroxyl groups excluding tert-OH is 1. The summed E-state index contributed by atoms with van der Waals surface area (Å²) < 4.78 is 41.6. The van der Waals surface area contributed by atoms with Crippen molar-refractivity contribution in [3.8, 4) is 0 Å². The molecule has 186 valence electrons. The van der Waals surface area contributed by atoms with Crippen LogP contribution in [-0.2, 0) is 43.2 Å². The van der Waals surface area contributed by atoms with Crippen LogP contribution in [0.25, 0.3) is 0 Å². The largest absolute Gasteiger partial charge is 0.435 e. The number of nitrogens with one attached hydrogen (secondary N) is 2. The summed E-state index contributed by atoms with van der Waals surface area (Å²) in [7, 11) is 0. The molecule has 0 saturated heterocycles. The average molecular weight is 499 g/mol. The maximum atomic E-state index is 13.5. The zero-order valence-corrected chi connectivity index (χ0v) is 20.1. The molecule has 0 atom stereocenters. The van der Waals surface area contributed by atoms with Crippen molar-refractivity contribution in [3.63, 3.8) is 0 Å². The highest BCUT2D eigenvalue weighted by Gasteiger charge is 2.39. The van der Waals surface area contributed by atoms with Gasteiger partial charge in [-0.25, -0.2) is 0 Å². The minimum Gasteiger partial charge on any atom is -0.394 e. The van der Waals surface area contributed by atoms with Gasteiger partial charge in [-0.05, 0) is 70.8 Å². The lowest BCUT2D eigenvalue weighted by Crippen LogP contribution is -2.46. The Morgan fingerprint density at radius 3 is 2.38 bits per heavy atom. The maximum absolute atomic E-state index is 13.5. The van der Waals surface area contributed by atoms with Gasteiger partial charge in [-0.1, -0.05) is 0 Å². The molecule has 2 aromatic rings. The molecular formula is C23H29F3N4O3S. The van der Waals surface area contributed by atoms with Crippen LogP contribution >= 0.6 is 11.3 Å². The summed E-state index contributed by atoms with van der Waals surface area (Å²) in [6.45, 7) is 2.78. The standard InChI is InChI=1S/C23H29F3N4O3S/c1-22(2,12-31)28-20(33)18-14-8-4-6-10-16(14)34-21(18)27-17(32)11-30-15-9-5-3-7-13(15)19(29-30)23(24,25)26/h31H,3-12H2,1-2H3,(H,27,32)(H,28,33). The molecule has 2 aromatic heterocycles. The van der Waals surface area contributed by atoms with Crippen LogP contribution in [0.2, 0.25) is 0 Å². The average Bonchev–Trinajstić information content (AvgIpc) is 3.31. The second-order valence-electron chi connectivity index (χ2n) is 9.60. The van der Waals surface area contributed by atoms with Crippen molar-refractivity contribution in [1.82, 2.24) is 15.1 Å². The number of aliphatic hydroxyl groups is 1. The third kappa shape index (κ3) is 5.00. The van der Waals surface area contributed by atoms with E-state index in [4.69, 9.17) is 0 Å². The fourth-order valence-corrected chi connectivity index (χ4v) is 5.94. The number of carbonyl (C=O) groups excluding carboxylic acids is 2. The summed E-state index contributed by atoms with van der Waals surface area (Å²) in [6.07, 6.45) is 1.03. The van der Waals surface area contributed by atoms with Gasteiger partial charge in [0.05, 0.1) is 17.7 Å².